The molecule has 0 aromatic heterocycles. The minimum Gasteiger partial charge on any atom is -0.384 e. The van der Waals surface area contributed by atoms with Gasteiger partial charge in [-0.25, -0.2) is 4.39 Å². The molecule has 2 N–H and O–H groups in total. The molecule has 0 atom stereocenters. The van der Waals surface area contributed by atoms with Crippen LogP contribution in [0.2, 0.25) is 10.0 Å². The van der Waals surface area contributed by atoms with E-state index in [1.54, 1.807) is 6.07 Å². The van der Waals surface area contributed by atoms with E-state index in [0.29, 0.717) is 11.3 Å². The molecule has 1 amide bonds. The molecule has 108 valence electrons. The van der Waals surface area contributed by atoms with Gasteiger partial charge < -0.3 is 10.6 Å². The first-order valence-electron chi connectivity index (χ1n) is 6.37. The van der Waals surface area contributed by atoms with E-state index in [-0.39, 0.29) is 16.0 Å². The van der Waals surface area contributed by atoms with Gasteiger partial charge in [0.15, 0.2) is 5.82 Å². The Balaban J connectivity index is 1.83. The Labute approximate surface area is 131 Å². The van der Waals surface area contributed by atoms with Gasteiger partial charge >= 0.3 is 0 Å². The zero-order chi connectivity index (χ0) is 15.0. The summed E-state index contributed by atoms with van der Waals surface area (Å²) in [5, 5.41) is 5.63. The largest absolute Gasteiger partial charge is 0.384 e. The second kappa shape index (κ2) is 5.54. The zero-order valence-corrected chi connectivity index (χ0v) is 12.4. The van der Waals surface area contributed by atoms with Crippen molar-refractivity contribution in [2.45, 2.75) is 6.42 Å². The smallest absolute Gasteiger partial charge is 0.255 e. The fraction of sp³-hybridized carbons (Fsp3) is 0.133. The maximum Gasteiger partial charge on any atom is 0.255 e. The van der Waals surface area contributed by atoms with Gasteiger partial charge in [0.1, 0.15) is 0 Å². The van der Waals surface area contributed by atoms with Crippen molar-refractivity contribution in [2.75, 3.05) is 17.2 Å². The van der Waals surface area contributed by atoms with Crippen molar-refractivity contribution in [3.63, 3.8) is 0 Å². The molecule has 3 nitrogen and oxygen atoms in total. The Morgan fingerprint density at radius 2 is 1.90 bits per heavy atom. The van der Waals surface area contributed by atoms with E-state index < -0.39 is 5.82 Å². The molecular weight excluding hydrogens is 314 g/mol. The first kappa shape index (κ1) is 14.2. The lowest BCUT2D eigenvalue weighted by molar-refractivity contribution is 0.102. The van der Waals surface area contributed by atoms with E-state index in [1.807, 2.05) is 12.1 Å². The van der Waals surface area contributed by atoms with Crippen LogP contribution in [0.15, 0.2) is 30.3 Å². The first-order chi connectivity index (χ1) is 10.0. The Kier molecular flexibility index (Phi) is 3.74. The van der Waals surface area contributed by atoms with Gasteiger partial charge in [-0.15, -0.1) is 0 Å². The highest BCUT2D eigenvalue weighted by atomic mass is 35.5. The molecule has 1 heterocycles. The third-order valence-electron chi connectivity index (χ3n) is 3.32. The summed E-state index contributed by atoms with van der Waals surface area (Å²) in [6, 6.07) is 8.11. The van der Waals surface area contributed by atoms with E-state index >= 15 is 0 Å². The van der Waals surface area contributed by atoms with Crippen LogP contribution in [0.1, 0.15) is 15.9 Å². The van der Waals surface area contributed by atoms with E-state index in [9.17, 15) is 9.18 Å². The Morgan fingerprint density at radius 1 is 1.19 bits per heavy atom. The van der Waals surface area contributed by atoms with Crippen LogP contribution in [-0.4, -0.2) is 12.5 Å². The second-order valence-corrected chi connectivity index (χ2v) is 5.57. The van der Waals surface area contributed by atoms with Crippen molar-refractivity contribution in [1.29, 1.82) is 0 Å². The number of benzene rings is 2. The van der Waals surface area contributed by atoms with Crippen molar-refractivity contribution >= 4 is 40.5 Å². The molecule has 1 aliphatic rings. The predicted octanol–water partition coefficient (Wildman–Crippen LogP) is 4.35. The molecule has 0 radical (unpaired) electrons. The fourth-order valence-corrected chi connectivity index (χ4v) is 2.76. The van der Waals surface area contributed by atoms with Crippen LogP contribution >= 0.6 is 23.2 Å². The van der Waals surface area contributed by atoms with Crippen molar-refractivity contribution in [3.05, 3.63) is 57.3 Å². The SMILES string of the molecule is O=C(Nc1cc(Cl)c(F)c(Cl)c1)c1ccc2c(c1)CCN2. The van der Waals surface area contributed by atoms with Crippen LogP contribution in [0.25, 0.3) is 0 Å². The van der Waals surface area contributed by atoms with E-state index in [4.69, 9.17) is 23.2 Å². The highest BCUT2D eigenvalue weighted by Gasteiger charge is 2.15. The average Bonchev–Trinajstić information content (AvgIpc) is 2.91. The molecule has 0 spiro atoms. The minimum atomic E-state index is -0.695. The fourth-order valence-electron chi connectivity index (χ4n) is 2.28. The van der Waals surface area contributed by atoms with Crippen LogP contribution in [0.4, 0.5) is 15.8 Å². The molecular formula is C15H11Cl2FN2O. The molecule has 0 fully saturated rings. The number of amides is 1. The number of hydrogen-bond donors (Lipinski definition) is 2. The Bertz CT molecular complexity index is 711. The van der Waals surface area contributed by atoms with E-state index in [1.165, 1.54) is 12.1 Å². The quantitative estimate of drug-likeness (QED) is 0.806. The van der Waals surface area contributed by atoms with Crippen molar-refractivity contribution < 1.29 is 9.18 Å². The van der Waals surface area contributed by atoms with Gasteiger partial charge in [0, 0.05) is 23.5 Å². The lowest BCUT2D eigenvalue weighted by Gasteiger charge is -2.08. The van der Waals surface area contributed by atoms with Gasteiger partial charge in [0.2, 0.25) is 0 Å². The third kappa shape index (κ3) is 2.82. The number of fused-ring (bicyclic) bond motifs is 1. The molecule has 6 heteroatoms. The van der Waals surface area contributed by atoms with Gasteiger partial charge in [-0.2, -0.15) is 0 Å². The summed E-state index contributed by atoms with van der Waals surface area (Å²) in [6.07, 6.45) is 0.894. The maximum absolute atomic E-state index is 13.3. The van der Waals surface area contributed by atoms with Crippen molar-refractivity contribution in [3.8, 4) is 0 Å². The maximum atomic E-state index is 13.3. The van der Waals surface area contributed by atoms with Crippen LogP contribution in [0.5, 0.6) is 0 Å². The normalized spacial score (nSPS) is 12.7. The molecule has 0 saturated heterocycles. The summed E-state index contributed by atoms with van der Waals surface area (Å²) in [5.41, 5.74) is 3.06. The number of hydrogen-bond acceptors (Lipinski definition) is 2. The van der Waals surface area contributed by atoms with Gasteiger partial charge in [0.05, 0.1) is 10.0 Å². The molecule has 21 heavy (non-hydrogen) atoms. The van der Waals surface area contributed by atoms with Crippen LogP contribution in [-0.2, 0) is 6.42 Å². The summed E-state index contributed by atoms with van der Waals surface area (Å²) in [4.78, 5) is 12.2. The topological polar surface area (TPSA) is 41.1 Å². The number of halogens is 3. The molecule has 0 aliphatic carbocycles. The van der Waals surface area contributed by atoms with E-state index in [0.717, 1.165) is 24.2 Å². The molecule has 2 aromatic carbocycles. The van der Waals surface area contributed by atoms with Crippen molar-refractivity contribution in [1.82, 2.24) is 0 Å². The zero-order valence-electron chi connectivity index (χ0n) is 10.8. The summed E-state index contributed by atoms with van der Waals surface area (Å²) >= 11 is 11.4. The summed E-state index contributed by atoms with van der Waals surface area (Å²) in [5.74, 6) is -0.983. The van der Waals surface area contributed by atoms with Gasteiger partial charge in [-0.3, -0.25) is 4.79 Å². The number of nitrogens with one attached hydrogen (secondary N) is 2. The Hall–Kier alpha value is -1.78. The van der Waals surface area contributed by atoms with Crippen LogP contribution in [0, 0.1) is 5.82 Å². The van der Waals surface area contributed by atoms with Gasteiger partial charge in [0.25, 0.3) is 5.91 Å². The summed E-state index contributed by atoms with van der Waals surface area (Å²) in [6.45, 7) is 0.879. The molecule has 3 rings (SSSR count). The minimum absolute atomic E-state index is 0.129. The Morgan fingerprint density at radius 3 is 2.62 bits per heavy atom. The molecule has 0 bridgehead atoms. The molecule has 0 unspecified atom stereocenters. The van der Waals surface area contributed by atoms with Crippen molar-refractivity contribution in [2.24, 2.45) is 0 Å². The monoisotopic (exact) mass is 324 g/mol. The highest BCUT2D eigenvalue weighted by Crippen LogP contribution is 2.28. The number of anilines is 2. The van der Waals surface area contributed by atoms with Gasteiger partial charge in [-0.1, -0.05) is 23.2 Å². The van der Waals surface area contributed by atoms with Gasteiger partial charge in [-0.05, 0) is 42.3 Å². The predicted molar refractivity (Wildman–Crippen MR) is 83.0 cm³/mol. The highest BCUT2D eigenvalue weighted by molar-refractivity contribution is 6.35. The standard InChI is InChI=1S/C15H11Cl2FN2O/c16-11-6-10(7-12(17)14(11)18)20-15(21)9-1-2-13-8(5-9)3-4-19-13/h1-2,5-7,19H,3-4H2,(H,20,21). The second-order valence-electron chi connectivity index (χ2n) is 4.76. The molecule has 1 aliphatic heterocycles. The molecule has 2 aromatic rings. The number of carbonyl (C=O) groups excluding carboxylic acids is 1. The summed E-state index contributed by atoms with van der Waals surface area (Å²) < 4.78 is 13.3. The lowest BCUT2D eigenvalue weighted by Crippen LogP contribution is -2.12. The lowest BCUT2D eigenvalue weighted by atomic mass is 10.1. The van der Waals surface area contributed by atoms with Crippen LogP contribution < -0.4 is 10.6 Å². The number of rotatable bonds is 2. The van der Waals surface area contributed by atoms with Crippen LogP contribution in [0.3, 0.4) is 0 Å². The first-order valence-corrected chi connectivity index (χ1v) is 7.13. The van der Waals surface area contributed by atoms with E-state index in [2.05, 4.69) is 10.6 Å². The average molecular weight is 325 g/mol. The third-order valence-corrected chi connectivity index (χ3v) is 3.87. The molecule has 0 saturated carbocycles. The summed E-state index contributed by atoms with van der Waals surface area (Å²) in [7, 11) is 0. The number of carbonyl (C=O) groups is 1.